The van der Waals surface area contributed by atoms with E-state index in [2.05, 4.69) is 6.08 Å². The molecule has 1 saturated heterocycles. The van der Waals surface area contributed by atoms with E-state index < -0.39 is 0 Å². The predicted molar refractivity (Wildman–Crippen MR) is 77.0 cm³/mol. The smallest absolute Gasteiger partial charge is 0.0644 e. The molecule has 108 valence electrons. The first-order chi connectivity index (χ1) is 9.40. The van der Waals surface area contributed by atoms with Crippen molar-refractivity contribution in [3.05, 3.63) is 11.6 Å². The molecule has 2 nitrogen and oxygen atoms in total. The molecular formula is C17H28O2. The highest BCUT2D eigenvalue weighted by Gasteiger charge is 2.42. The van der Waals surface area contributed by atoms with Crippen molar-refractivity contribution < 1.29 is 9.84 Å². The Morgan fingerprint density at radius 1 is 1.05 bits per heavy atom. The van der Waals surface area contributed by atoms with Gasteiger partial charge in [0.15, 0.2) is 0 Å². The molecule has 0 spiro atoms. The normalized spacial score (nSPS) is 38.3. The first-order valence-corrected chi connectivity index (χ1v) is 8.36. The Hall–Kier alpha value is -0.340. The van der Waals surface area contributed by atoms with E-state index in [1.807, 2.05) is 0 Å². The molecule has 1 N–H and O–H groups in total. The molecule has 2 fully saturated rings. The van der Waals surface area contributed by atoms with Crippen LogP contribution in [0.25, 0.3) is 0 Å². The molecule has 19 heavy (non-hydrogen) atoms. The van der Waals surface area contributed by atoms with Gasteiger partial charge in [0.05, 0.1) is 12.2 Å². The van der Waals surface area contributed by atoms with Gasteiger partial charge in [0, 0.05) is 18.4 Å². The van der Waals surface area contributed by atoms with Crippen LogP contribution in [-0.2, 0) is 4.74 Å². The van der Waals surface area contributed by atoms with Crippen LogP contribution in [0.4, 0.5) is 0 Å². The van der Waals surface area contributed by atoms with Gasteiger partial charge in [0.1, 0.15) is 0 Å². The van der Waals surface area contributed by atoms with E-state index in [1.165, 1.54) is 44.9 Å². The predicted octanol–water partition coefficient (Wildman–Crippen LogP) is 3.83. The summed E-state index contributed by atoms with van der Waals surface area (Å²) in [5.74, 6) is 1.44. The van der Waals surface area contributed by atoms with Crippen LogP contribution in [0.15, 0.2) is 11.6 Å². The van der Waals surface area contributed by atoms with E-state index >= 15 is 0 Å². The maximum absolute atomic E-state index is 8.96. The van der Waals surface area contributed by atoms with E-state index in [4.69, 9.17) is 9.84 Å². The first kappa shape index (κ1) is 13.6. The third-order valence-electron chi connectivity index (χ3n) is 5.35. The minimum absolute atomic E-state index is 0.326. The van der Waals surface area contributed by atoms with Crippen LogP contribution in [0.5, 0.6) is 0 Å². The Kier molecular flexibility index (Phi) is 4.60. The Morgan fingerprint density at radius 2 is 1.89 bits per heavy atom. The molecule has 0 aromatic heterocycles. The number of aliphatic hydroxyl groups excluding tert-OH is 1. The van der Waals surface area contributed by atoms with Crippen LogP contribution < -0.4 is 0 Å². The van der Waals surface area contributed by atoms with Crippen LogP contribution in [0, 0.1) is 11.8 Å². The zero-order valence-corrected chi connectivity index (χ0v) is 12.0. The zero-order valence-electron chi connectivity index (χ0n) is 12.0. The quantitative estimate of drug-likeness (QED) is 0.617. The summed E-state index contributed by atoms with van der Waals surface area (Å²) in [5, 5.41) is 8.96. The summed E-state index contributed by atoms with van der Waals surface area (Å²) in [6.07, 6.45) is 16.0. The minimum atomic E-state index is 0.326. The molecule has 0 aromatic carbocycles. The first-order valence-electron chi connectivity index (χ1n) is 8.36. The van der Waals surface area contributed by atoms with Crippen LogP contribution in [0.1, 0.15) is 64.2 Å². The third-order valence-corrected chi connectivity index (χ3v) is 5.35. The lowest BCUT2D eigenvalue weighted by molar-refractivity contribution is -0.107. The Bertz CT molecular complexity index is 323. The molecule has 1 heterocycles. The molecule has 0 unspecified atom stereocenters. The highest BCUT2D eigenvalue weighted by Crippen LogP contribution is 2.46. The van der Waals surface area contributed by atoms with Gasteiger partial charge in [0.25, 0.3) is 0 Å². The highest BCUT2D eigenvalue weighted by atomic mass is 16.5. The van der Waals surface area contributed by atoms with Gasteiger partial charge in [0.2, 0.25) is 0 Å². The molecule has 0 amide bonds. The molecule has 0 bridgehead atoms. The molecule has 2 heteroatoms. The molecule has 4 atom stereocenters. The van der Waals surface area contributed by atoms with Crippen molar-refractivity contribution in [2.75, 3.05) is 6.61 Å². The van der Waals surface area contributed by atoms with Crippen molar-refractivity contribution >= 4 is 0 Å². The Morgan fingerprint density at radius 3 is 2.79 bits per heavy atom. The number of unbranched alkanes of at least 4 members (excludes halogenated alkanes) is 1. The summed E-state index contributed by atoms with van der Waals surface area (Å²) in [6, 6.07) is 0. The van der Waals surface area contributed by atoms with Gasteiger partial charge in [-0.1, -0.05) is 24.5 Å². The molecular weight excluding hydrogens is 236 g/mol. The van der Waals surface area contributed by atoms with E-state index in [1.54, 1.807) is 5.57 Å². The van der Waals surface area contributed by atoms with Gasteiger partial charge in [-0.2, -0.15) is 0 Å². The molecule has 3 aliphatic rings. The Labute approximate surface area is 117 Å². The largest absolute Gasteiger partial charge is 0.396 e. The van der Waals surface area contributed by atoms with Gasteiger partial charge < -0.3 is 9.84 Å². The summed E-state index contributed by atoms with van der Waals surface area (Å²) in [7, 11) is 0. The lowest BCUT2D eigenvalue weighted by Crippen LogP contribution is -2.45. The number of ether oxygens (including phenoxy) is 1. The van der Waals surface area contributed by atoms with Crippen molar-refractivity contribution in [3.63, 3.8) is 0 Å². The second kappa shape index (κ2) is 6.41. The van der Waals surface area contributed by atoms with Crippen molar-refractivity contribution in [1.29, 1.82) is 0 Å². The average Bonchev–Trinajstić information content (AvgIpc) is 2.47. The summed E-state index contributed by atoms with van der Waals surface area (Å²) in [5.41, 5.74) is 1.76. The SMILES string of the molecule is OCCCC[C@@H]1O[C@@H]2CCCC[C@H]2C2=CCCC[C@H]21. The van der Waals surface area contributed by atoms with Crippen molar-refractivity contribution in [1.82, 2.24) is 0 Å². The van der Waals surface area contributed by atoms with Crippen molar-refractivity contribution in [3.8, 4) is 0 Å². The summed E-state index contributed by atoms with van der Waals surface area (Å²) < 4.78 is 6.48. The van der Waals surface area contributed by atoms with E-state index in [-0.39, 0.29) is 0 Å². The van der Waals surface area contributed by atoms with E-state index in [0.29, 0.717) is 24.7 Å². The summed E-state index contributed by atoms with van der Waals surface area (Å²) in [6.45, 7) is 0.326. The molecule has 0 radical (unpaired) electrons. The average molecular weight is 264 g/mol. The number of hydrogen-bond acceptors (Lipinski definition) is 2. The van der Waals surface area contributed by atoms with Gasteiger partial charge in [-0.05, 0) is 51.4 Å². The molecule has 3 rings (SSSR count). The standard InChI is InChI=1S/C17H28O2/c18-12-6-5-11-17-14-8-2-1-7-13(14)15-9-3-4-10-16(15)19-17/h7,14-18H,1-6,8-12H2/t14-,15+,16-,17+/m1/s1. The monoisotopic (exact) mass is 264 g/mol. The number of hydrogen-bond donors (Lipinski definition) is 1. The topological polar surface area (TPSA) is 29.5 Å². The summed E-state index contributed by atoms with van der Waals surface area (Å²) in [4.78, 5) is 0. The number of rotatable bonds is 4. The Balaban J connectivity index is 1.71. The van der Waals surface area contributed by atoms with Crippen LogP contribution >= 0.6 is 0 Å². The van der Waals surface area contributed by atoms with Crippen LogP contribution in [-0.4, -0.2) is 23.9 Å². The maximum Gasteiger partial charge on any atom is 0.0644 e. The second-order valence-electron chi connectivity index (χ2n) is 6.56. The lowest BCUT2D eigenvalue weighted by Gasteiger charge is -2.47. The van der Waals surface area contributed by atoms with Gasteiger partial charge in [-0.15, -0.1) is 0 Å². The minimum Gasteiger partial charge on any atom is -0.396 e. The number of allylic oxidation sites excluding steroid dienone is 1. The fourth-order valence-electron chi connectivity index (χ4n) is 4.44. The molecule has 0 aromatic rings. The fraction of sp³-hybridized carbons (Fsp3) is 0.882. The van der Waals surface area contributed by atoms with E-state index in [0.717, 1.165) is 25.2 Å². The van der Waals surface area contributed by atoms with Crippen LogP contribution in [0.2, 0.25) is 0 Å². The van der Waals surface area contributed by atoms with Crippen molar-refractivity contribution in [2.45, 2.75) is 76.4 Å². The van der Waals surface area contributed by atoms with Crippen LogP contribution in [0.3, 0.4) is 0 Å². The van der Waals surface area contributed by atoms with E-state index in [9.17, 15) is 0 Å². The number of fused-ring (bicyclic) bond motifs is 3. The zero-order chi connectivity index (χ0) is 13.1. The summed E-state index contributed by atoms with van der Waals surface area (Å²) >= 11 is 0. The number of aliphatic hydroxyl groups is 1. The fourth-order valence-corrected chi connectivity index (χ4v) is 4.44. The van der Waals surface area contributed by atoms with Gasteiger partial charge in [-0.3, -0.25) is 0 Å². The third kappa shape index (κ3) is 2.90. The van der Waals surface area contributed by atoms with Gasteiger partial charge in [-0.25, -0.2) is 0 Å². The maximum atomic E-state index is 8.96. The molecule has 1 aliphatic heterocycles. The highest BCUT2D eigenvalue weighted by molar-refractivity contribution is 5.20. The molecule has 1 saturated carbocycles. The lowest BCUT2D eigenvalue weighted by atomic mass is 9.68. The molecule has 2 aliphatic carbocycles. The van der Waals surface area contributed by atoms with Gasteiger partial charge >= 0.3 is 0 Å². The second-order valence-corrected chi connectivity index (χ2v) is 6.56. The van der Waals surface area contributed by atoms with Crippen molar-refractivity contribution in [2.24, 2.45) is 11.8 Å².